The standard InChI is InChI=1S/C14H12BrClN2O2/c1-7-4-11(17)10(16)6-12(7)18-14(20)9-3-2-8(15)5-13(9)19/h2-6,19H,17H2,1H3,(H,18,20). The Balaban J connectivity index is 2.30. The van der Waals surface area contributed by atoms with Crippen LogP contribution in [0.5, 0.6) is 5.75 Å². The van der Waals surface area contributed by atoms with Gasteiger partial charge in [-0.25, -0.2) is 0 Å². The quantitative estimate of drug-likeness (QED) is 0.714. The van der Waals surface area contributed by atoms with Crippen molar-refractivity contribution in [3.8, 4) is 5.75 Å². The van der Waals surface area contributed by atoms with Gasteiger partial charge in [0.25, 0.3) is 5.91 Å². The second-order valence-electron chi connectivity index (χ2n) is 4.30. The van der Waals surface area contributed by atoms with Gasteiger partial charge in [0, 0.05) is 10.2 Å². The molecule has 2 rings (SSSR count). The van der Waals surface area contributed by atoms with Gasteiger partial charge in [0.05, 0.1) is 16.3 Å². The van der Waals surface area contributed by atoms with Crippen molar-refractivity contribution in [1.82, 2.24) is 0 Å². The van der Waals surface area contributed by atoms with Crippen molar-refractivity contribution in [2.75, 3.05) is 11.1 Å². The van der Waals surface area contributed by atoms with Crippen LogP contribution in [0.15, 0.2) is 34.8 Å². The van der Waals surface area contributed by atoms with E-state index < -0.39 is 5.91 Å². The lowest BCUT2D eigenvalue weighted by Crippen LogP contribution is -2.13. The van der Waals surface area contributed by atoms with E-state index in [0.717, 1.165) is 5.56 Å². The van der Waals surface area contributed by atoms with E-state index in [1.54, 1.807) is 18.2 Å². The fourth-order valence-electron chi connectivity index (χ4n) is 1.72. The molecule has 0 atom stereocenters. The maximum absolute atomic E-state index is 12.1. The SMILES string of the molecule is Cc1cc(N)c(Cl)cc1NC(=O)c1ccc(Br)cc1O. The average Bonchev–Trinajstić information content (AvgIpc) is 2.35. The molecule has 0 aliphatic carbocycles. The van der Waals surface area contributed by atoms with Crippen LogP contribution in [0.3, 0.4) is 0 Å². The molecule has 1 amide bonds. The summed E-state index contributed by atoms with van der Waals surface area (Å²) in [5.74, 6) is -0.519. The number of hydrogen-bond acceptors (Lipinski definition) is 3. The third kappa shape index (κ3) is 3.05. The molecule has 0 aliphatic rings. The molecule has 0 spiro atoms. The highest BCUT2D eigenvalue weighted by Gasteiger charge is 2.13. The number of benzene rings is 2. The molecular weight excluding hydrogens is 344 g/mol. The first-order chi connectivity index (χ1) is 9.38. The number of rotatable bonds is 2. The molecule has 0 saturated heterocycles. The van der Waals surface area contributed by atoms with E-state index >= 15 is 0 Å². The molecule has 0 radical (unpaired) electrons. The normalized spacial score (nSPS) is 10.3. The van der Waals surface area contributed by atoms with E-state index in [4.69, 9.17) is 17.3 Å². The number of carbonyl (C=O) groups is 1. The van der Waals surface area contributed by atoms with E-state index in [1.807, 2.05) is 6.92 Å². The number of nitrogens with two attached hydrogens (primary N) is 1. The number of phenolic OH excluding ortho intramolecular Hbond substituents is 1. The van der Waals surface area contributed by atoms with Crippen molar-refractivity contribution >= 4 is 44.8 Å². The maximum Gasteiger partial charge on any atom is 0.259 e. The summed E-state index contributed by atoms with van der Waals surface area (Å²) >= 11 is 9.15. The Hall–Kier alpha value is -1.72. The van der Waals surface area contributed by atoms with E-state index in [-0.39, 0.29) is 11.3 Å². The van der Waals surface area contributed by atoms with Gasteiger partial charge in [-0.1, -0.05) is 27.5 Å². The number of nitrogen functional groups attached to an aromatic ring is 1. The van der Waals surface area contributed by atoms with Gasteiger partial charge in [-0.3, -0.25) is 4.79 Å². The molecule has 20 heavy (non-hydrogen) atoms. The third-order valence-electron chi connectivity index (χ3n) is 2.80. The van der Waals surface area contributed by atoms with Crippen LogP contribution in [0.2, 0.25) is 5.02 Å². The third-order valence-corrected chi connectivity index (χ3v) is 3.62. The first-order valence-corrected chi connectivity index (χ1v) is 6.91. The van der Waals surface area contributed by atoms with Crippen LogP contribution < -0.4 is 11.1 Å². The summed E-state index contributed by atoms with van der Waals surface area (Å²) in [5.41, 5.74) is 7.66. The number of halogens is 2. The minimum absolute atomic E-state index is 0.101. The number of aromatic hydroxyl groups is 1. The molecule has 0 bridgehead atoms. The Morgan fingerprint density at radius 3 is 2.70 bits per heavy atom. The molecule has 0 aromatic heterocycles. The highest BCUT2D eigenvalue weighted by Crippen LogP contribution is 2.28. The number of amides is 1. The zero-order valence-electron chi connectivity index (χ0n) is 10.6. The van der Waals surface area contributed by atoms with E-state index in [0.29, 0.717) is 20.9 Å². The van der Waals surface area contributed by atoms with Crippen LogP contribution in [0.4, 0.5) is 11.4 Å². The average molecular weight is 356 g/mol. The van der Waals surface area contributed by atoms with E-state index in [9.17, 15) is 9.90 Å². The molecule has 2 aromatic carbocycles. The van der Waals surface area contributed by atoms with Crippen LogP contribution in [-0.4, -0.2) is 11.0 Å². The summed E-state index contributed by atoms with van der Waals surface area (Å²) in [5, 5.41) is 12.8. The lowest BCUT2D eigenvalue weighted by atomic mass is 10.1. The Bertz CT molecular complexity index is 689. The monoisotopic (exact) mass is 354 g/mol. The first kappa shape index (κ1) is 14.7. The maximum atomic E-state index is 12.1. The van der Waals surface area contributed by atoms with Gasteiger partial charge in [-0.2, -0.15) is 0 Å². The minimum Gasteiger partial charge on any atom is -0.507 e. The molecule has 6 heteroatoms. The second-order valence-corrected chi connectivity index (χ2v) is 5.63. The van der Waals surface area contributed by atoms with Crippen molar-refractivity contribution in [2.45, 2.75) is 6.92 Å². The Morgan fingerprint density at radius 1 is 1.35 bits per heavy atom. The molecule has 4 nitrogen and oxygen atoms in total. The van der Waals surface area contributed by atoms with E-state index in [1.165, 1.54) is 12.1 Å². The Morgan fingerprint density at radius 2 is 2.05 bits per heavy atom. The van der Waals surface area contributed by atoms with Crippen LogP contribution in [0.25, 0.3) is 0 Å². The summed E-state index contributed by atoms with van der Waals surface area (Å²) in [6.07, 6.45) is 0. The molecule has 0 saturated carbocycles. The van der Waals surface area contributed by atoms with Crippen molar-refractivity contribution in [2.24, 2.45) is 0 Å². The van der Waals surface area contributed by atoms with Crippen molar-refractivity contribution in [3.05, 3.63) is 51.0 Å². The van der Waals surface area contributed by atoms with Crippen LogP contribution >= 0.6 is 27.5 Å². The van der Waals surface area contributed by atoms with Gasteiger partial charge in [0.15, 0.2) is 0 Å². The number of aryl methyl sites for hydroxylation is 1. The fraction of sp³-hybridized carbons (Fsp3) is 0.0714. The molecule has 0 fully saturated rings. The topological polar surface area (TPSA) is 75.3 Å². The molecule has 104 valence electrons. The molecule has 0 heterocycles. The summed E-state index contributed by atoms with van der Waals surface area (Å²) in [4.78, 5) is 12.1. The fourth-order valence-corrected chi connectivity index (χ4v) is 2.24. The Labute approximate surface area is 129 Å². The number of hydrogen-bond donors (Lipinski definition) is 3. The molecular formula is C14H12BrClN2O2. The summed E-state index contributed by atoms with van der Waals surface area (Å²) in [6.45, 7) is 1.81. The number of phenols is 1. The van der Waals surface area contributed by atoms with Crippen molar-refractivity contribution < 1.29 is 9.90 Å². The largest absolute Gasteiger partial charge is 0.507 e. The smallest absolute Gasteiger partial charge is 0.259 e. The molecule has 2 aromatic rings. The minimum atomic E-state index is -0.418. The number of carbonyl (C=O) groups excluding carboxylic acids is 1. The molecule has 0 aliphatic heterocycles. The van der Waals surface area contributed by atoms with Crippen molar-refractivity contribution in [3.63, 3.8) is 0 Å². The van der Waals surface area contributed by atoms with E-state index in [2.05, 4.69) is 21.2 Å². The van der Waals surface area contributed by atoms with Crippen LogP contribution in [0.1, 0.15) is 15.9 Å². The lowest BCUT2D eigenvalue weighted by molar-refractivity contribution is 0.102. The van der Waals surface area contributed by atoms with Gasteiger partial charge in [0.1, 0.15) is 5.75 Å². The summed E-state index contributed by atoms with van der Waals surface area (Å²) in [6, 6.07) is 7.93. The molecule has 0 unspecified atom stereocenters. The van der Waals surface area contributed by atoms with Crippen LogP contribution in [-0.2, 0) is 0 Å². The Kier molecular flexibility index (Phi) is 4.20. The summed E-state index contributed by atoms with van der Waals surface area (Å²) in [7, 11) is 0. The van der Waals surface area contributed by atoms with Crippen LogP contribution in [0, 0.1) is 6.92 Å². The first-order valence-electron chi connectivity index (χ1n) is 5.74. The highest BCUT2D eigenvalue weighted by molar-refractivity contribution is 9.10. The highest BCUT2D eigenvalue weighted by atomic mass is 79.9. The van der Waals surface area contributed by atoms with Gasteiger partial charge in [-0.15, -0.1) is 0 Å². The molecule has 4 N–H and O–H groups in total. The summed E-state index contributed by atoms with van der Waals surface area (Å²) < 4.78 is 0.693. The zero-order valence-corrected chi connectivity index (χ0v) is 12.9. The van der Waals surface area contributed by atoms with Gasteiger partial charge < -0.3 is 16.2 Å². The lowest BCUT2D eigenvalue weighted by Gasteiger charge is -2.11. The van der Waals surface area contributed by atoms with Gasteiger partial charge in [0.2, 0.25) is 0 Å². The predicted octanol–water partition coefficient (Wildman–Crippen LogP) is 3.95. The second kappa shape index (κ2) is 5.73. The number of anilines is 2. The number of nitrogens with one attached hydrogen (secondary N) is 1. The predicted molar refractivity (Wildman–Crippen MR) is 84.4 cm³/mol. The van der Waals surface area contributed by atoms with Gasteiger partial charge in [-0.05, 0) is 42.8 Å². The van der Waals surface area contributed by atoms with Gasteiger partial charge >= 0.3 is 0 Å². The zero-order chi connectivity index (χ0) is 14.9. The van der Waals surface area contributed by atoms with Crippen molar-refractivity contribution in [1.29, 1.82) is 0 Å².